The summed E-state index contributed by atoms with van der Waals surface area (Å²) in [6.45, 7) is -0.109. The Labute approximate surface area is 106 Å². The van der Waals surface area contributed by atoms with Gasteiger partial charge in [0.15, 0.2) is 0 Å². The topological polar surface area (TPSA) is 60.2 Å². The highest BCUT2D eigenvalue weighted by atomic mass is 127. The summed E-state index contributed by atoms with van der Waals surface area (Å²) in [6.07, 6.45) is 0. The van der Waals surface area contributed by atoms with Crippen LogP contribution in [0.3, 0.4) is 0 Å². The molecule has 1 aromatic heterocycles. The van der Waals surface area contributed by atoms with Crippen LogP contribution in [0.4, 0.5) is 0 Å². The van der Waals surface area contributed by atoms with Gasteiger partial charge in [-0.2, -0.15) is 0 Å². The first-order valence-corrected chi connectivity index (χ1v) is 5.69. The van der Waals surface area contributed by atoms with Gasteiger partial charge in [-0.15, -0.1) is 5.10 Å². The molecule has 84 valence electrons. The van der Waals surface area contributed by atoms with E-state index in [0.717, 1.165) is 15.1 Å². The molecule has 0 saturated carbocycles. The molecule has 2 rings (SSSR count). The van der Waals surface area contributed by atoms with Gasteiger partial charge < -0.3 is 9.84 Å². The molecule has 0 atom stereocenters. The second kappa shape index (κ2) is 4.79. The van der Waals surface area contributed by atoms with E-state index in [-0.39, 0.29) is 6.61 Å². The van der Waals surface area contributed by atoms with Crippen LogP contribution in [0.15, 0.2) is 24.3 Å². The maximum atomic E-state index is 9.03. The van der Waals surface area contributed by atoms with Gasteiger partial charge in [0.2, 0.25) is 0 Å². The number of hydrogen-bond acceptors (Lipinski definition) is 4. The van der Waals surface area contributed by atoms with Crippen LogP contribution in [0.25, 0.3) is 5.69 Å². The Balaban J connectivity index is 2.45. The molecule has 1 aromatic carbocycles. The van der Waals surface area contributed by atoms with Gasteiger partial charge in [-0.25, -0.2) is 4.68 Å². The number of rotatable bonds is 3. The highest BCUT2D eigenvalue weighted by Gasteiger charge is 2.10. The minimum Gasteiger partial charge on any atom is -0.497 e. The standard InChI is InChI=1S/C10H10IN3O2/c1-16-8-4-2-3-7(5-8)14-10(11)9(6-15)12-13-14/h2-5,15H,6H2,1H3. The average molecular weight is 331 g/mol. The van der Waals surface area contributed by atoms with Crippen molar-refractivity contribution in [2.75, 3.05) is 7.11 Å². The van der Waals surface area contributed by atoms with Crippen molar-refractivity contribution in [1.29, 1.82) is 0 Å². The van der Waals surface area contributed by atoms with Crippen LogP contribution in [-0.2, 0) is 6.61 Å². The average Bonchev–Trinajstić information content (AvgIpc) is 2.70. The summed E-state index contributed by atoms with van der Waals surface area (Å²) in [7, 11) is 1.62. The molecule has 5 nitrogen and oxygen atoms in total. The molecule has 0 bridgehead atoms. The van der Waals surface area contributed by atoms with Crippen molar-refractivity contribution in [3.8, 4) is 11.4 Å². The summed E-state index contributed by atoms with van der Waals surface area (Å²) in [4.78, 5) is 0. The van der Waals surface area contributed by atoms with Crippen LogP contribution >= 0.6 is 22.6 Å². The fourth-order valence-corrected chi connectivity index (χ4v) is 1.96. The van der Waals surface area contributed by atoms with Crippen molar-refractivity contribution < 1.29 is 9.84 Å². The van der Waals surface area contributed by atoms with E-state index < -0.39 is 0 Å². The lowest BCUT2D eigenvalue weighted by Crippen LogP contribution is -2.00. The molecule has 0 aliphatic rings. The predicted molar refractivity (Wildman–Crippen MR) is 66.6 cm³/mol. The molecule has 6 heteroatoms. The number of hydrogen-bond donors (Lipinski definition) is 1. The number of aromatic nitrogens is 3. The zero-order chi connectivity index (χ0) is 11.5. The Kier molecular flexibility index (Phi) is 3.39. The smallest absolute Gasteiger partial charge is 0.131 e. The van der Waals surface area contributed by atoms with Crippen molar-refractivity contribution in [2.24, 2.45) is 0 Å². The Morgan fingerprint density at radius 3 is 2.94 bits per heavy atom. The van der Waals surface area contributed by atoms with Gasteiger partial charge in [-0.1, -0.05) is 11.3 Å². The highest BCUT2D eigenvalue weighted by Crippen LogP contribution is 2.19. The molecule has 2 aromatic rings. The number of aliphatic hydroxyl groups is 1. The van der Waals surface area contributed by atoms with Gasteiger partial charge >= 0.3 is 0 Å². The van der Waals surface area contributed by atoms with E-state index in [9.17, 15) is 0 Å². The minimum atomic E-state index is -0.109. The summed E-state index contributed by atoms with van der Waals surface area (Å²) in [6, 6.07) is 7.50. The van der Waals surface area contributed by atoms with E-state index >= 15 is 0 Å². The quantitative estimate of drug-likeness (QED) is 0.863. The van der Waals surface area contributed by atoms with Gasteiger partial charge in [0, 0.05) is 6.07 Å². The first-order valence-electron chi connectivity index (χ1n) is 4.61. The third kappa shape index (κ3) is 2.03. The molecule has 0 aliphatic carbocycles. The summed E-state index contributed by atoms with van der Waals surface area (Å²) in [5, 5.41) is 16.9. The molecular weight excluding hydrogens is 321 g/mol. The first kappa shape index (κ1) is 11.3. The number of halogens is 1. The Morgan fingerprint density at radius 2 is 2.31 bits per heavy atom. The lowest BCUT2D eigenvalue weighted by atomic mass is 10.3. The lowest BCUT2D eigenvalue weighted by Gasteiger charge is -2.04. The zero-order valence-electron chi connectivity index (χ0n) is 8.59. The van der Waals surface area contributed by atoms with Gasteiger partial charge in [-0.3, -0.25) is 0 Å². The Hall–Kier alpha value is -1.15. The molecular formula is C10H10IN3O2. The van der Waals surface area contributed by atoms with E-state index in [1.165, 1.54) is 0 Å². The van der Waals surface area contributed by atoms with Crippen molar-refractivity contribution >= 4 is 22.6 Å². The summed E-state index contributed by atoms with van der Waals surface area (Å²) >= 11 is 2.10. The van der Waals surface area contributed by atoms with Crippen molar-refractivity contribution in [3.05, 3.63) is 33.7 Å². The molecule has 1 N–H and O–H groups in total. The van der Waals surface area contributed by atoms with Crippen LogP contribution < -0.4 is 4.74 Å². The van der Waals surface area contributed by atoms with E-state index in [1.807, 2.05) is 24.3 Å². The van der Waals surface area contributed by atoms with E-state index in [0.29, 0.717) is 5.69 Å². The molecule has 0 radical (unpaired) electrons. The number of methoxy groups -OCH3 is 1. The van der Waals surface area contributed by atoms with Gasteiger partial charge in [0.25, 0.3) is 0 Å². The van der Waals surface area contributed by atoms with Crippen LogP contribution in [0.5, 0.6) is 5.75 Å². The normalized spacial score (nSPS) is 10.4. The second-order valence-electron chi connectivity index (χ2n) is 3.10. The van der Waals surface area contributed by atoms with Crippen LogP contribution in [0.1, 0.15) is 5.69 Å². The fourth-order valence-electron chi connectivity index (χ4n) is 1.31. The second-order valence-corrected chi connectivity index (χ2v) is 4.12. The van der Waals surface area contributed by atoms with E-state index in [1.54, 1.807) is 11.8 Å². The lowest BCUT2D eigenvalue weighted by molar-refractivity contribution is 0.276. The molecule has 0 aliphatic heterocycles. The largest absolute Gasteiger partial charge is 0.497 e. The molecule has 1 heterocycles. The SMILES string of the molecule is COc1cccc(-n2nnc(CO)c2I)c1. The molecule has 0 saturated heterocycles. The van der Waals surface area contributed by atoms with Crippen LogP contribution in [0, 0.1) is 3.70 Å². The number of nitrogens with zero attached hydrogens (tertiary/aromatic N) is 3. The van der Waals surface area contributed by atoms with Crippen LogP contribution in [0.2, 0.25) is 0 Å². The predicted octanol–water partition coefficient (Wildman–Crippen LogP) is 1.37. The first-order chi connectivity index (χ1) is 7.76. The van der Waals surface area contributed by atoms with E-state index in [4.69, 9.17) is 9.84 Å². The molecule has 16 heavy (non-hydrogen) atoms. The Bertz CT molecular complexity index is 499. The summed E-state index contributed by atoms with van der Waals surface area (Å²) < 4.78 is 7.60. The minimum absolute atomic E-state index is 0.109. The molecule has 0 amide bonds. The number of ether oxygens (including phenoxy) is 1. The number of aliphatic hydroxyl groups excluding tert-OH is 1. The van der Waals surface area contributed by atoms with Crippen molar-refractivity contribution in [3.63, 3.8) is 0 Å². The third-order valence-corrected chi connectivity index (χ3v) is 3.21. The Morgan fingerprint density at radius 1 is 1.50 bits per heavy atom. The maximum absolute atomic E-state index is 9.03. The number of benzene rings is 1. The fraction of sp³-hybridized carbons (Fsp3) is 0.200. The maximum Gasteiger partial charge on any atom is 0.131 e. The highest BCUT2D eigenvalue weighted by molar-refractivity contribution is 14.1. The van der Waals surface area contributed by atoms with Crippen molar-refractivity contribution in [2.45, 2.75) is 6.61 Å². The van der Waals surface area contributed by atoms with Gasteiger partial charge in [-0.05, 0) is 34.7 Å². The third-order valence-electron chi connectivity index (χ3n) is 2.13. The molecule has 0 spiro atoms. The van der Waals surface area contributed by atoms with E-state index in [2.05, 4.69) is 32.9 Å². The zero-order valence-corrected chi connectivity index (χ0v) is 10.7. The molecule has 0 fully saturated rings. The summed E-state index contributed by atoms with van der Waals surface area (Å²) in [5.74, 6) is 0.759. The monoisotopic (exact) mass is 331 g/mol. The van der Waals surface area contributed by atoms with Gasteiger partial charge in [0.05, 0.1) is 19.4 Å². The van der Waals surface area contributed by atoms with Crippen molar-refractivity contribution in [1.82, 2.24) is 15.0 Å². The van der Waals surface area contributed by atoms with Gasteiger partial charge in [0.1, 0.15) is 15.1 Å². The van der Waals surface area contributed by atoms with Crippen LogP contribution in [-0.4, -0.2) is 27.2 Å². The summed E-state index contributed by atoms with van der Waals surface area (Å²) in [5.41, 5.74) is 1.43. The molecule has 0 unspecified atom stereocenters.